The number of rotatable bonds is 7. The lowest BCUT2D eigenvalue weighted by molar-refractivity contribution is -0.890. The van der Waals surface area contributed by atoms with Crippen LogP contribution >= 0.6 is 0 Å². The van der Waals surface area contributed by atoms with Crippen LogP contribution in [0, 0.1) is 0 Å². The fourth-order valence-corrected chi connectivity index (χ4v) is 1.82. The molecule has 0 atom stereocenters. The number of aliphatic hydroxyl groups is 1. The molecule has 0 fully saturated rings. The van der Waals surface area contributed by atoms with Gasteiger partial charge >= 0.3 is 0 Å². The first kappa shape index (κ1) is 17.3. The lowest BCUT2D eigenvalue weighted by Crippen LogP contribution is -3.00. The molecule has 1 N–H and O–H groups in total. The molecular formula is C14H22BrNO2. The number of Topliss-reactive ketones (excluding diaryl/α,β-unsaturated/α-hetero) is 1. The molecular weight excluding hydrogens is 294 g/mol. The van der Waals surface area contributed by atoms with Crippen molar-refractivity contribution in [1.29, 1.82) is 0 Å². The van der Waals surface area contributed by atoms with Crippen molar-refractivity contribution in [3.63, 3.8) is 0 Å². The number of ketones is 1. The van der Waals surface area contributed by atoms with Gasteiger partial charge in [-0.15, -0.1) is 0 Å². The molecule has 1 rings (SSSR count). The quantitative estimate of drug-likeness (QED) is 0.503. The number of nitrogens with zero attached hydrogens (tertiary/aromatic N) is 1. The van der Waals surface area contributed by atoms with E-state index in [1.807, 2.05) is 30.3 Å². The standard InChI is InChI=1S/C14H22NO2.BrH/c1-15(2,11-12-16)10-6-9-14(17)13-7-4-3-5-8-13;/h3-5,7-8,16H,6,9-12H2,1-2H3;1H/q+1;/p-1. The van der Waals surface area contributed by atoms with E-state index < -0.39 is 0 Å². The van der Waals surface area contributed by atoms with Crippen molar-refractivity contribution in [2.45, 2.75) is 12.8 Å². The Bertz CT molecular complexity index is 352. The highest BCUT2D eigenvalue weighted by Gasteiger charge is 2.14. The maximum atomic E-state index is 11.8. The highest BCUT2D eigenvalue weighted by Crippen LogP contribution is 2.07. The van der Waals surface area contributed by atoms with E-state index in [4.69, 9.17) is 5.11 Å². The summed E-state index contributed by atoms with van der Waals surface area (Å²) in [4.78, 5) is 11.8. The van der Waals surface area contributed by atoms with Crippen molar-refractivity contribution >= 4 is 5.78 Å². The third kappa shape index (κ3) is 6.28. The molecule has 1 aromatic rings. The van der Waals surface area contributed by atoms with E-state index in [0.29, 0.717) is 6.42 Å². The van der Waals surface area contributed by atoms with E-state index in [9.17, 15) is 4.79 Å². The van der Waals surface area contributed by atoms with Crippen LogP contribution in [0.15, 0.2) is 30.3 Å². The molecule has 0 aromatic heterocycles. The second kappa shape index (κ2) is 8.40. The van der Waals surface area contributed by atoms with Gasteiger partial charge in [0.2, 0.25) is 0 Å². The van der Waals surface area contributed by atoms with Crippen LogP contribution in [0.2, 0.25) is 0 Å². The van der Waals surface area contributed by atoms with Crippen LogP contribution in [0.25, 0.3) is 0 Å². The van der Waals surface area contributed by atoms with Gasteiger partial charge in [0.05, 0.1) is 27.2 Å². The van der Waals surface area contributed by atoms with E-state index in [-0.39, 0.29) is 29.4 Å². The van der Waals surface area contributed by atoms with Gasteiger partial charge in [0.15, 0.2) is 5.78 Å². The Labute approximate surface area is 120 Å². The average Bonchev–Trinajstić information content (AvgIpc) is 2.29. The van der Waals surface area contributed by atoms with Crippen molar-refractivity contribution < 1.29 is 31.4 Å². The fourth-order valence-electron chi connectivity index (χ4n) is 1.82. The largest absolute Gasteiger partial charge is 1.00 e. The number of carbonyl (C=O) groups is 1. The fraction of sp³-hybridized carbons (Fsp3) is 0.500. The zero-order chi connectivity index (χ0) is 12.7. The maximum absolute atomic E-state index is 11.8. The Morgan fingerprint density at radius 3 is 2.33 bits per heavy atom. The van der Waals surface area contributed by atoms with Crippen molar-refractivity contribution in [3.05, 3.63) is 35.9 Å². The van der Waals surface area contributed by atoms with Crippen molar-refractivity contribution in [2.75, 3.05) is 33.8 Å². The van der Waals surface area contributed by atoms with Crippen molar-refractivity contribution in [3.8, 4) is 0 Å². The highest BCUT2D eigenvalue weighted by atomic mass is 79.9. The molecule has 102 valence electrons. The zero-order valence-electron chi connectivity index (χ0n) is 11.1. The normalized spacial score (nSPS) is 10.8. The van der Waals surface area contributed by atoms with Crippen LogP contribution in [-0.2, 0) is 0 Å². The minimum atomic E-state index is 0. The predicted molar refractivity (Wildman–Crippen MR) is 68.9 cm³/mol. The average molecular weight is 316 g/mol. The highest BCUT2D eigenvalue weighted by molar-refractivity contribution is 5.95. The van der Waals surface area contributed by atoms with E-state index in [1.165, 1.54) is 0 Å². The molecule has 0 saturated carbocycles. The zero-order valence-corrected chi connectivity index (χ0v) is 12.7. The number of hydrogen-bond acceptors (Lipinski definition) is 2. The predicted octanol–water partition coefficient (Wildman–Crippen LogP) is -1.28. The lowest BCUT2D eigenvalue weighted by Gasteiger charge is -2.28. The van der Waals surface area contributed by atoms with Gasteiger partial charge in [0.1, 0.15) is 6.54 Å². The molecule has 0 unspecified atom stereocenters. The minimum Gasteiger partial charge on any atom is -1.00 e. The van der Waals surface area contributed by atoms with Crippen LogP contribution in [0.1, 0.15) is 23.2 Å². The molecule has 18 heavy (non-hydrogen) atoms. The lowest BCUT2D eigenvalue weighted by atomic mass is 10.1. The molecule has 0 aliphatic heterocycles. The molecule has 0 amide bonds. The van der Waals surface area contributed by atoms with Crippen molar-refractivity contribution in [1.82, 2.24) is 0 Å². The summed E-state index contributed by atoms with van der Waals surface area (Å²) < 4.78 is 0.762. The Morgan fingerprint density at radius 1 is 1.17 bits per heavy atom. The summed E-state index contributed by atoms with van der Waals surface area (Å²) in [6, 6.07) is 9.40. The number of hydrogen-bond donors (Lipinski definition) is 1. The van der Waals surface area contributed by atoms with Gasteiger partial charge in [-0.05, 0) is 0 Å². The first-order chi connectivity index (χ1) is 8.05. The Hall–Kier alpha value is -0.710. The van der Waals surface area contributed by atoms with E-state index in [2.05, 4.69) is 14.1 Å². The summed E-state index contributed by atoms with van der Waals surface area (Å²) in [5.41, 5.74) is 0.792. The molecule has 0 heterocycles. The second-order valence-electron chi connectivity index (χ2n) is 5.00. The smallest absolute Gasteiger partial charge is 0.163 e. The molecule has 3 nitrogen and oxygen atoms in total. The molecule has 0 bridgehead atoms. The first-order valence-electron chi connectivity index (χ1n) is 6.06. The molecule has 0 radical (unpaired) electrons. The summed E-state index contributed by atoms with van der Waals surface area (Å²) in [7, 11) is 4.15. The van der Waals surface area contributed by atoms with Gasteiger partial charge < -0.3 is 26.6 Å². The SMILES string of the molecule is C[N+](C)(CCO)CCCC(=O)c1ccccc1.[Br-]. The van der Waals surface area contributed by atoms with Gasteiger partial charge in [0.25, 0.3) is 0 Å². The first-order valence-corrected chi connectivity index (χ1v) is 6.06. The van der Waals surface area contributed by atoms with Crippen LogP contribution in [0.3, 0.4) is 0 Å². The summed E-state index contributed by atoms with van der Waals surface area (Å²) in [6.45, 7) is 1.85. The van der Waals surface area contributed by atoms with Crippen LogP contribution in [0.5, 0.6) is 0 Å². The monoisotopic (exact) mass is 315 g/mol. The molecule has 0 spiro atoms. The number of carbonyl (C=O) groups excluding carboxylic acids is 1. The topological polar surface area (TPSA) is 37.3 Å². The third-order valence-electron chi connectivity index (χ3n) is 2.97. The van der Waals surface area contributed by atoms with Crippen LogP contribution in [-0.4, -0.2) is 49.2 Å². The Kier molecular flexibility index (Phi) is 8.07. The van der Waals surface area contributed by atoms with E-state index >= 15 is 0 Å². The number of aliphatic hydroxyl groups excluding tert-OH is 1. The summed E-state index contributed by atoms with van der Waals surface area (Å²) in [6.07, 6.45) is 1.44. The maximum Gasteiger partial charge on any atom is 0.163 e. The van der Waals surface area contributed by atoms with Gasteiger partial charge in [0, 0.05) is 18.4 Å². The third-order valence-corrected chi connectivity index (χ3v) is 2.97. The van der Waals surface area contributed by atoms with E-state index in [1.54, 1.807) is 0 Å². The molecule has 0 aliphatic carbocycles. The number of quaternary nitrogens is 1. The summed E-state index contributed by atoms with van der Waals surface area (Å²) >= 11 is 0. The molecule has 4 heteroatoms. The van der Waals surface area contributed by atoms with E-state index in [0.717, 1.165) is 29.6 Å². The van der Waals surface area contributed by atoms with Gasteiger partial charge in [-0.25, -0.2) is 0 Å². The molecule has 0 saturated heterocycles. The molecule has 0 aliphatic rings. The summed E-state index contributed by atoms with van der Waals surface area (Å²) in [5.74, 6) is 0.203. The van der Waals surface area contributed by atoms with Gasteiger partial charge in [-0.1, -0.05) is 30.3 Å². The van der Waals surface area contributed by atoms with Crippen LogP contribution < -0.4 is 17.0 Å². The number of benzene rings is 1. The van der Waals surface area contributed by atoms with Crippen molar-refractivity contribution in [2.24, 2.45) is 0 Å². The minimum absolute atomic E-state index is 0. The second-order valence-corrected chi connectivity index (χ2v) is 5.00. The Morgan fingerprint density at radius 2 is 1.78 bits per heavy atom. The molecule has 1 aromatic carbocycles. The van der Waals surface area contributed by atoms with Crippen LogP contribution in [0.4, 0.5) is 0 Å². The Balaban J connectivity index is 0.00000289. The van der Waals surface area contributed by atoms with Gasteiger partial charge in [-0.2, -0.15) is 0 Å². The summed E-state index contributed by atoms with van der Waals surface area (Å²) in [5, 5.41) is 8.91. The van der Waals surface area contributed by atoms with Gasteiger partial charge in [-0.3, -0.25) is 4.79 Å². The number of halogens is 1. The number of likely N-dealkylation sites (N-methyl/N-ethyl adjacent to an activating group) is 1.